The average Bonchev–Trinajstić information content (AvgIpc) is 2.96. The highest BCUT2D eigenvalue weighted by molar-refractivity contribution is 7.86. The second kappa shape index (κ2) is 12.4. The molecule has 1 amide bonds. The van der Waals surface area contributed by atoms with Crippen LogP contribution in [0.3, 0.4) is 0 Å². The second-order valence-corrected chi connectivity index (χ2v) is 12.8. The Morgan fingerprint density at radius 3 is 2.00 bits per heavy atom. The van der Waals surface area contributed by atoms with Gasteiger partial charge in [0.25, 0.3) is 5.69 Å². The summed E-state index contributed by atoms with van der Waals surface area (Å²) in [5.41, 5.74) is 6.16. The third-order valence-electron chi connectivity index (χ3n) is 7.43. The number of aliphatic carboxylic acids is 1. The quantitative estimate of drug-likeness (QED) is 0.129. The van der Waals surface area contributed by atoms with Gasteiger partial charge in [0.05, 0.1) is 4.92 Å². The Hall–Kier alpha value is -4.13. The van der Waals surface area contributed by atoms with E-state index >= 15 is 4.79 Å². The summed E-state index contributed by atoms with van der Waals surface area (Å²) in [6, 6.07) is 16.0. The second-order valence-electron chi connectivity index (χ2n) is 10.7. The summed E-state index contributed by atoms with van der Waals surface area (Å²) < 4.78 is 34.3. The maximum Gasteiger partial charge on any atom is 0.364 e. The molecule has 1 unspecified atom stereocenters. The highest BCUT2D eigenvalue weighted by Crippen LogP contribution is 2.48. The number of hydrogen-bond acceptors (Lipinski definition) is 8. The van der Waals surface area contributed by atoms with Gasteiger partial charge in [0.2, 0.25) is 6.04 Å². The largest absolute Gasteiger partial charge is 0.477 e. The number of amides is 1. The smallest absolute Gasteiger partial charge is 0.364 e. The molecule has 12 heteroatoms. The number of nitro groups is 1. The number of non-ortho nitro benzene ring substituents is 1. The summed E-state index contributed by atoms with van der Waals surface area (Å²) in [5, 5.41) is 21.9. The Bertz CT molecular complexity index is 1540. The van der Waals surface area contributed by atoms with Crippen LogP contribution in [0.5, 0.6) is 11.5 Å². The van der Waals surface area contributed by atoms with Crippen LogP contribution in [0.25, 0.3) is 0 Å². The molecule has 42 heavy (non-hydrogen) atoms. The van der Waals surface area contributed by atoms with Gasteiger partial charge < -0.3 is 15.6 Å². The van der Waals surface area contributed by atoms with Gasteiger partial charge in [0.1, 0.15) is 28.9 Å². The van der Waals surface area contributed by atoms with E-state index in [4.69, 9.17) is 10.5 Å². The monoisotopic (exact) mass is 596 g/mol. The number of hydrogen-bond donors (Lipinski definition) is 2. The van der Waals surface area contributed by atoms with Crippen molar-refractivity contribution < 1.29 is 36.7 Å². The van der Waals surface area contributed by atoms with Crippen LogP contribution in [-0.4, -0.2) is 53.3 Å². The van der Waals surface area contributed by atoms with E-state index in [0.29, 0.717) is 29.0 Å². The van der Waals surface area contributed by atoms with Crippen LogP contribution in [0.2, 0.25) is 0 Å². The Labute approximate surface area is 244 Å². The number of carbonyl (C=O) groups is 2. The average molecular weight is 597 g/mol. The van der Waals surface area contributed by atoms with Crippen LogP contribution >= 0.6 is 0 Å². The first kappa shape index (κ1) is 30.8. The molecule has 0 saturated carbocycles. The molecule has 0 aromatic heterocycles. The van der Waals surface area contributed by atoms with Gasteiger partial charge >= 0.3 is 21.9 Å². The first-order valence-corrected chi connectivity index (χ1v) is 15.1. The van der Waals surface area contributed by atoms with Crippen molar-refractivity contribution in [1.29, 1.82) is 0 Å². The predicted molar refractivity (Wildman–Crippen MR) is 154 cm³/mol. The number of carboxylic acid groups (broad SMARTS) is 1. The minimum Gasteiger partial charge on any atom is -0.477 e. The van der Waals surface area contributed by atoms with Crippen LogP contribution in [-0.2, 0) is 19.6 Å². The molecule has 0 aliphatic carbocycles. The number of nitrogens with two attached hydrogens (primary N) is 1. The van der Waals surface area contributed by atoms with Crippen molar-refractivity contribution in [1.82, 2.24) is 0 Å². The van der Waals surface area contributed by atoms with Crippen molar-refractivity contribution >= 4 is 27.6 Å². The van der Waals surface area contributed by atoms with E-state index in [-0.39, 0.29) is 36.5 Å². The van der Waals surface area contributed by atoms with E-state index in [1.165, 1.54) is 0 Å². The minimum atomic E-state index is -4.82. The van der Waals surface area contributed by atoms with Gasteiger partial charge in [0.15, 0.2) is 0 Å². The molecular formula is C30H34N3O8S+. The van der Waals surface area contributed by atoms with E-state index < -0.39 is 48.6 Å². The molecule has 1 heterocycles. The number of benzene rings is 3. The molecule has 0 saturated heterocycles. The number of ether oxygens (including phenoxy) is 1. The Kier molecular flexibility index (Phi) is 9.09. The molecule has 3 aromatic rings. The number of nitro benzene ring substituents is 1. The number of nitrogens with zero attached hydrogens (tertiary/aromatic N) is 2. The third kappa shape index (κ3) is 5.52. The fourth-order valence-corrected chi connectivity index (χ4v) is 7.84. The van der Waals surface area contributed by atoms with Gasteiger partial charge in [-0.15, -0.1) is 3.89 Å². The van der Waals surface area contributed by atoms with E-state index in [0.717, 1.165) is 24.3 Å². The van der Waals surface area contributed by atoms with Crippen molar-refractivity contribution in [3.63, 3.8) is 0 Å². The predicted octanol–water partition coefficient (Wildman–Crippen LogP) is 4.80. The first-order valence-electron chi connectivity index (χ1n) is 13.7. The molecule has 0 spiro atoms. The highest BCUT2D eigenvalue weighted by atomic mass is 32.2. The fourth-order valence-electron chi connectivity index (χ4n) is 5.61. The van der Waals surface area contributed by atoms with Gasteiger partial charge in [0, 0.05) is 35.6 Å². The first-order chi connectivity index (χ1) is 20.0. The Balaban J connectivity index is 2.05. The van der Waals surface area contributed by atoms with Crippen LogP contribution in [0.1, 0.15) is 50.2 Å². The molecular weight excluding hydrogens is 562 g/mol. The topological polar surface area (TPSA) is 167 Å². The zero-order chi connectivity index (χ0) is 30.7. The molecule has 2 atom stereocenters. The molecule has 3 N–H and O–H groups in total. The maximum atomic E-state index is 15.2. The number of unbranched alkanes of at least 4 members (excludes halogenated alkanes) is 1. The van der Waals surface area contributed by atoms with E-state index in [9.17, 15) is 28.4 Å². The number of sulfonamides is 1. The van der Waals surface area contributed by atoms with Crippen LogP contribution in [0.4, 0.5) is 5.69 Å². The third-order valence-corrected chi connectivity index (χ3v) is 9.74. The van der Waals surface area contributed by atoms with Crippen molar-refractivity contribution in [3.05, 3.63) is 94.0 Å². The lowest BCUT2D eigenvalue weighted by atomic mass is 9.86. The summed E-state index contributed by atoms with van der Waals surface area (Å²) in [5.74, 6) is -3.18. The summed E-state index contributed by atoms with van der Waals surface area (Å²) in [6.45, 7) is 3.35. The van der Waals surface area contributed by atoms with E-state index in [1.54, 1.807) is 62.4 Å². The summed E-state index contributed by atoms with van der Waals surface area (Å²) >= 11 is 0. The van der Waals surface area contributed by atoms with Crippen LogP contribution in [0, 0.1) is 16.0 Å². The molecule has 0 bridgehead atoms. The Morgan fingerprint density at radius 2 is 1.52 bits per heavy atom. The summed E-state index contributed by atoms with van der Waals surface area (Å²) in [4.78, 5) is 38.5. The van der Waals surface area contributed by atoms with Gasteiger partial charge in [-0.3, -0.25) is 10.1 Å². The normalized spacial score (nSPS) is 15.1. The minimum absolute atomic E-state index is 0.135. The highest BCUT2D eigenvalue weighted by Gasteiger charge is 2.61. The molecule has 1 aliphatic heterocycles. The van der Waals surface area contributed by atoms with Gasteiger partial charge in [-0.05, 0) is 43.7 Å². The standard InChI is InChI=1S/C30H33N3O8S/c1-20(2)19-33(25(30(35)36)11-7-8-18-31,42(39,40)22-16-14-21(15-17-22)32(37)38)29(34)28-23-9-3-5-12-26(23)41-27-13-6-4-10-24(27)28/h3-6,9-10,12-17,20,25,28H,7-8,11,18-19,31H2,1-2H3/p+1/t25-,33?/m0/s1. The van der Waals surface area contributed by atoms with Gasteiger partial charge in [-0.1, -0.05) is 50.2 Å². The van der Waals surface area contributed by atoms with Gasteiger partial charge in [-0.2, -0.15) is 8.42 Å². The zero-order valence-electron chi connectivity index (χ0n) is 23.4. The van der Waals surface area contributed by atoms with E-state index in [1.807, 2.05) is 0 Å². The van der Waals surface area contributed by atoms with Crippen molar-refractivity contribution in [2.24, 2.45) is 11.7 Å². The SMILES string of the molecule is CC(C)C[N+](C(=O)C1c2ccccc2Oc2ccccc21)([C@@H](CCCCN)C(=O)O)S(=O)(=O)c1ccc([N+](=O)[O-])cc1. The van der Waals surface area contributed by atoms with Crippen molar-refractivity contribution in [2.45, 2.75) is 50.0 Å². The lowest BCUT2D eigenvalue weighted by Gasteiger charge is -2.42. The lowest BCUT2D eigenvalue weighted by molar-refractivity contribution is -0.753. The zero-order valence-corrected chi connectivity index (χ0v) is 24.2. The number of para-hydroxylation sites is 2. The number of quaternary nitrogens is 1. The number of fused-ring (bicyclic) bond motifs is 2. The molecule has 0 radical (unpaired) electrons. The van der Waals surface area contributed by atoms with Crippen molar-refractivity contribution in [3.8, 4) is 11.5 Å². The van der Waals surface area contributed by atoms with Crippen LogP contribution < -0.4 is 10.5 Å². The fraction of sp³-hybridized carbons (Fsp3) is 0.333. The molecule has 0 fully saturated rings. The number of carboxylic acids is 1. The summed E-state index contributed by atoms with van der Waals surface area (Å²) in [6.07, 6.45) is 0.569. The molecule has 3 aromatic carbocycles. The van der Waals surface area contributed by atoms with Crippen LogP contribution in [0.15, 0.2) is 77.7 Å². The summed E-state index contributed by atoms with van der Waals surface area (Å²) in [7, 11) is -4.82. The maximum absolute atomic E-state index is 15.2. The molecule has 4 rings (SSSR count). The molecule has 1 aliphatic rings. The molecule has 222 valence electrons. The van der Waals surface area contributed by atoms with Crippen molar-refractivity contribution in [2.75, 3.05) is 13.1 Å². The number of rotatable bonds is 12. The Morgan fingerprint density at radius 1 is 0.976 bits per heavy atom. The molecule has 11 nitrogen and oxygen atoms in total. The van der Waals surface area contributed by atoms with Gasteiger partial charge in [-0.25, -0.2) is 9.59 Å². The lowest BCUT2D eigenvalue weighted by Crippen LogP contribution is -2.67. The number of carbonyl (C=O) groups excluding carboxylic acids is 1. The van der Waals surface area contributed by atoms with E-state index in [2.05, 4.69) is 0 Å².